The molecular weight excluding hydrogens is 437 g/mol. The normalized spacial score (nSPS) is 10.9. The highest BCUT2D eigenvalue weighted by Gasteiger charge is 2.29. The van der Waals surface area contributed by atoms with Crippen LogP contribution >= 0.6 is 11.8 Å². The zero-order chi connectivity index (χ0) is 23.1. The predicted molar refractivity (Wildman–Crippen MR) is 124 cm³/mol. The molecule has 2 heterocycles. The number of benzene rings is 2. The summed E-state index contributed by atoms with van der Waals surface area (Å²) in [5, 5.41) is 6.29. The topological polar surface area (TPSA) is 69.8 Å². The van der Waals surface area contributed by atoms with E-state index in [9.17, 15) is 18.0 Å². The molecule has 0 bridgehead atoms. The second kappa shape index (κ2) is 10.2. The Hall–Kier alpha value is -3.46. The zero-order valence-electron chi connectivity index (χ0n) is 17.3. The number of hydrogen-bond donors (Lipinski definition) is 3. The van der Waals surface area contributed by atoms with Crippen LogP contribution < -0.4 is 10.6 Å². The molecule has 32 heavy (non-hydrogen) atoms. The fraction of sp³-hybridized carbons (Fsp3) is 0.130. The van der Waals surface area contributed by atoms with E-state index in [0.717, 1.165) is 40.1 Å². The van der Waals surface area contributed by atoms with Crippen molar-refractivity contribution in [3.05, 3.63) is 72.4 Å². The van der Waals surface area contributed by atoms with Crippen LogP contribution in [0.15, 0.2) is 71.8 Å². The molecule has 3 N–H and O–H groups in total. The smallest absolute Gasteiger partial charge is 0.388 e. The van der Waals surface area contributed by atoms with Gasteiger partial charge in [-0.3, -0.25) is 4.79 Å². The van der Waals surface area contributed by atoms with E-state index < -0.39 is 11.7 Å². The molecule has 0 radical (unpaired) electrons. The highest BCUT2D eigenvalue weighted by Crippen LogP contribution is 2.30. The Morgan fingerprint density at radius 1 is 1.00 bits per heavy atom. The lowest BCUT2D eigenvalue weighted by Crippen LogP contribution is -2.04. The number of aromatic amines is 1. The third-order valence-corrected chi connectivity index (χ3v) is 5.38. The fourth-order valence-corrected chi connectivity index (χ4v) is 3.34. The minimum absolute atomic E-state index is 0.624. The summed E-state index contributed by atoms with van der Waals surface area (Å²) < 4.78 is 36.0. The third kappa shape index (κ3) is 5.61. The minimum atomic E-state index is -4.24. The SMILES string of the molecule is CNc1ccc(C(F)(F)F)cc1.CSc1ccc(-c2ccc3c(NC=O)c[nH]c3n2)cc1. The number of rotatable bonds is 5. The quantitative estimate of drug-likeness (QED) is 0.244. The van der Waals surface area contributed by atoms with Crippen molar-refractivity contribution >= 4 is 40.6 Å². The van der Waals surface area contributed by atoms with Crippen LogP contribution in [-0.4, -0.2) is 29.7 Å². The minimum Gasteiger partial charge on any atom is -0.388 e. The number of halogens is 3. The summed E-state index contributed by atoms with van der Waals surface area (Å²) in [7, 11) is 1.66. The van der Waals surface area contributed by atoms with Crippen molar-refractivity contribution < 1.29 is 18.0 Å². The summed E-state index contributed by atoms with van der Waals surface area (Å²) >= 11 is 1.72. The fourth-order valence-electron chi connectivity index (χ4n) is 2.94. The molecule has 2 aromatic carbocycles. The summed E-state index contributed by atoms with van der Waals surface area (Å²) in [5.74, 6) is 0. The van der Waals surface area contributed by atoms with Crippen molar-refractivity contribution in [1.82, 2.24) is 9.97 Å². The molecule has 1 amide bonds. The number of amides is 1. The van der Waals surface area contributed by atoms with E-state index in [1.807, 2.05) is 12.1 Å². The second-order valence-electron chi connectivity index (χ2n) is 6.61. The van der Waals surface area contributed by atoms with Crippen molar-refractivity contribution in [3.8, 4) is 11.3 Å². The highest BCUT2D eigenvalue weighted by atomic mass is 32.2. The maximum Gasteiger partial charge on any atom is 0.416 e. The lowest BCUT2D eigenvalue weighted by Gasteiger charge is -2.06. The Balaban J connectivity index is 0.000000207. The van der Waals surface area contributed by atoms with Crippen molar-refractivity contribution in [1.29, 1.82) is 0 Å². The van der Waals surface area contributed by atoms with Gasteiger partial charge in [0.2, 0.25) is 6.41 Å². The van der Waals surface area contributed by atoms with Crippen LogP contribution in [0, 0.1) is 0 Å². The summed E-state index contributed by atoms with van der Waals surface area (Å²) in [6.07, 6.45) is 0.219. The van der Waals surface area contributed by atoms with Crippen molar-refractivity contribution in [3.63, 3.8) is 0 Å². The van der Waals surface area contributed by atoms with Crippen LogP contribution in [0.25, 0.3) is 22.3 Å². The van der Waals surface area contributed by atoms with E-state index in [-0.39, 0.29) is 0 Å². The van der Waals surface area contributed by atoms with Gasteiger partial charge in [0, 0.05) is 34.8 Å². The first kappa shape index (κ1) is 23.2. The van der Waals surface area contributed by atoms with Gasteiger partial charge >= 0.3 is 6.18 Å². The highest BCUT2D eigenvalue weighted by molar-refractivity contribution is 7.98. The van der Waals surface area contributed by atoms with Crippen LogP contribution in [0.5, 0.6) is 0 Å². The first-order valence-electron chi connectivity index (χ1n) is 9.53. The van der Waals surface area contributed by atoms with E-state index >= 15 is 0 Å². The summed E-state index contributed by atoms with van der Waals surface area (Å²) in [6.45, 7) is 0. The molecule has 0 fully saturated rings. The van der Waals surface area contributed by atoms with Crippen molar-refractivity contribution in [2.45, 2.75) is 11.1 Å². The molecule has 0 saturated heterocycles. The number of thioether (sulfide) groups is 1. The van der Waals surface area contributed by atoms with Crippen LogP contribution in [0.4, 0.5) is 24.5 Å². The molecule has 0 spiro atoms. The molecule has 0 unspecified atom stereocenters. The van der Waals surface area contributed by atoms with Gasteiger partial charge in [-0.05, 0) is 54.8 Å². The molecule has 0 aliphatic rings. The molecule has 0 saturated carbocycles. The van der Waals surface area contributed by atoms with Gasteiger partial charge in [0.15, 0.2) is 0 Å². The largest absolute Gasteiger partial charge is 0.416 e. The van der Waals surface area contributed by atoms with E-state index in [2.05, 4.69) is 51.1 Å². The number of anilines is 2. The standard InChI is InChI=1S/C15H13N3OS.C8H8F3N/c1-20-11-4-2-10(3-5-11)13-7-6-12-14(17-9-19)8-16-15(12)18-13;1-12-7-4-2-6(3-5-7)8(9,10)11/h2-9H,1H3,(H,16,18)(H,17,19);2-5,12H,1H3. The number of alkyl halides is 3. The Bertz CT molecular complexity index is 1170. The molecule has 0 atom stereocenters. The number of carbonyl (C=O) groups is 1. The average molecular weight is 459 g/mol. The molecule has 9 heteroatoms. The molecule has 2 aromatic heterocycles. The summed E-state index contributed by atoms with van der Waals surface area (Å²) in [4.78, 5) is 19.4. The average Bonchev–Trinajstić information content (AvgIpc) is 3.21. The first-order chi connectivity index (χ1) is 15.4. The van der Waals surface area contributed by atoms with Crippen molar-refractivity contribution in [2.75, 3.05) is 23.9 Å². The van der Waals surface area contributed by atoms with Gasteiger partial charge in [0.1, 0.15) is 5.65 Å². The Labute approximate surface area is 187 Å². The lowest BCUT2D eigenvalue weighted by molar-refractivity contribution is -0.137. The second-order valence-corrected chi connectivity index (χ2v) is 7.49. The number of H-pyrrole nitrogens is 1. The van der Waals surface area contributed by atoms with Gasteiger partial charge in [0.05, 0.1) is 16.9 Å². The summed E-state index contributed by atoms with van der Waals surface area (Å²) in [5.41, 5.74) is 3.53. The predicted octanol–water partition coefficient (Wildman–Crippen LogP) is 6.27. The Kier molecular flexibility index (Phi) is 7.42. The van der Waals surface area contributed by atoms with E-state index in [0.29, 0.717) is 12.1 Å². The molecule has 0 aliphatic carbocycles. The molecule has 4 aromatic rings. The van der Waals surface area contributed by atoms with Crippen LogP contribution in [0.1, 0.15) is 5.56 Å². The molecule has 166 valence electrons. The number of hydrogen-bond acceptors (Lipinski definition) is 4. The number of fused-ring (bicyclic) bond motifs is 1. The number of pyridine rings is 1. The van der Waals surface area contributed by atoms with E-state index in [1.165, 1.54) is 17.0 Å². The van der Waals surface area contributed by atoms with Crippen LogP contribution in [0.2, 0.25) is 0 Å². The molecule has 5 nitrogen and oxygen atoms in total. The van der Waals surface area contributed by atoms with Crippen LogP contribution in [0.3, 0.4) is 0 Å². The molecular formula is C23H21F3N4OS. The molecule has 0 aliphatic heterocycles. The lowest BCUT2D eigenvalue weighted by atomic mass is 10.1. The number of aromatic nitrogens is 2. The third-order valence-electron chi connectivity index (χ3n) is 4.64. The van der Waals surface area contributed by atoms with Crippen LogP contribution in [-0.2, 0) is 11.0 Å². The molecule has 4 rings (SSSR count). The maximum atomic E-state index is 12.0. The monoisotopic (exact) mass is 458 g/mol. The van der Waals surface area contributed by atoms with Gasteiger partial charge in [-0.1, -0.05) is 12.1 Å². The first-order valence-corrected chi connectivity index (χ1v) is 10.8. The number of nitrogens with one attached hydrogen (secondary N) is 3. The van der Waals surface area contributed by atoms with Gasteiger partial charge in [-0.25, -0.2) is 4.98 Å². The summed E-state index contributed by atoms with van der Waals surface area (Å²) in [6, 6.07) is 17.1. The van der Waals surface area contributed by atoms with Crippen molar-refractivity contribution in [2.24, 2.45) is 0 Å². The number of carbonyl (C=O) groups excluding carboxylic acids is 1. The van der Waals surface area contributed by atoms with Gasteiger partial charge in [-0.2, -0.15) is 13.2 Å². The maximum absolute atomic E-state index is 12.0. The Morgan fingerprint density at radius 3 is 2.25 bits per heavy atom. The van der Waals surface area contributed by atoms with Gasteiger partial charge in [0.25, 0.3) is 0 Å². The van der Waals surface area contributed by atoms with E-state index in [4.69, 9.17) is 0 Å². The Morgan fingerprint density at radius 2 is 1.69 bits per heavy atom. The van der Waals surface area contributed by atoms with Gasteiger partial charge < -0.3 is 15.6 Å². The number of nitrogens with zero attached hydrogens (tertiary/aromatic N) is 1. The van der Waals surface area contributed by atoms with E-state index in [1.54, 1.807) is 25.0 Å². The van der Waals surface area contributed by atoms with Gasteiger partial charge in [-0.15, -0.1) is 11.8 Å². The zero-order valence-corrected chi connectivity index (χ0v) is 18.1.